The Morgan fingerprint density at radius 3 is 2.63 bits per heavy atom. The van der Waals surface area contributed by atoms with Crippen LogP contribution in [0.2, 0.25) is 0 Å². The fourth-order valence-corrected chi connectivity index (χ4v) is 4.11. The van der Waals surface area contributed by atoms with Crippen LogP contribution in [0.15, 0.2) is 43.1 Å². The molecule has 0 spiro atoms. The molecule has 0 saturated carbocycles. The van der Waals surface area contributed by atoms with Crippen LogP contribution in [0.3, 0.4) is 0 Å². The zero-order valence-corrected chi connectivity index (χ0v) is 20.2. The number of aromatic nitrogens is 5. The molecule has 1 aromatic carbocycles. The number of amides is 1. The number of rotatable bonds is 4. The maximum Gasteiger partial charge on any atom is 0.275 e. The minimum absolute atomic E-state index is 0.0707. The lowest BCUT2D eigenvalue weighted by Crippen LogP contribution is -2.36. The summed E-state index contributed by atoms with van der Waals surface area (Å²) in [6.07, 6.45) is 6.75. The predicted molar refractivity (Wildman–Crippen MR) is 131 cm³/mol. The van der Waals surface area contributed by atoms with Crippen molar-refractivity contribution in [3.05, 3.63) is 60.2 Å². The fourth-order valence-electron chi connectivity index (χ4n) is 4.11. The normalized spacial score (nSPS) is 14.5. The van der Waals surface area contributed by atoms with Gasteiger partial charge in [0.1, 0.15) is 11.5 Å². The number of morpholine rings is 1. The molecular formula is C25H28FN7O2. The van der Waals surface area contributed by atoms with Crippen LogP contribution in [0.5, 0.6) is 0 Å². The molecule has 0 radical (unpaired) electrons. The first-order valence-electron chi connectivity index (χ1n) is 11.5. The third-order valence-corrected chi connectivity index (χ3v) is 6.12. The van der Waals surface area contributed by atoms with Gasteiger partial charge in [-0.1, -0.05) is 0 Å². The number of aryl methyl sites for hydroxylation is 1. The second-order valence-corrected chi connectivity index (χ2v) is 9.65. The predicted octanol–water partition coefficient (Wildman–Crippen LogP) is 3.88. The number of benzene rings is 1. The number of anilines is 2. The smallest absolute Gasteiger partial charge is 0.275 e. The van der Waals surface area contributed by atoms with Crippen LogP contribution < -0.4 is 10.2 Å². The van der Waals surface area contributed by atoms with Crippen LogP contribution in [-0.2, 0) is 10.3 Å². The molecular weight excluding hydrogens is 449 g/mol. The van der Waals surface area contributed by atoms with Crippen LogP contribution >= 0.6 is 0 Å². The quantitative estimate of drug-likeness (QED) is 0.480. The molecule has 1 fully saturated rings. The maximum absolute atomic E-state index is 14.9. The van der Waals surface area contributed by atoms with Gasteiger partial charge in [-0.3, -0.25) is 4.79 Å². The average Bonchev–Trinajstić information content (AvgIpc) is 3.50. The van der Waals surface area contributed by atoms with E-state index in [9.17, 15) is 9.18 Å². The number of hydrogen-bond donors (Lipinski definition) is 1. The van der Waals surface area contributed by atoms with E-state index in [0.717, 1.165) is 24.4 Å². The highest BCUT2D eigenvalue weighted by Crippen LogP contribution is 2.32. The van der Waals surface area contributed by atoms with Gasteiger partial charge in [0.15, 0.2) is 5.65 Å². The van der Waals surface area contributed by atoms with E-state index in [2.05, 4.69) is 20.2 Å². The SMILES string of the molecule is Cc1cc(F)c(NC(=O)c2cn(C(C)(C)C)cn2)cc1-c1cc(N2CCOCC2)c2nccn2n1. The molecule has 0 bridgehead atoms. The second kappa shape index (κ2) is 8.77. The Kier molecular flexibility index (Phi) is 5.76. The van der Waals surface area contributed by atoms with Gasteiger partial charge in [-0.25, -0.2) is 18.9 Å². The Hall–Kier alpha value is -3.79. The summed E-state index contributed by atoms with van der Waals surface area (Å²) in [5, 5.41) is 7.38. The van der Waals surface area contributed by atoms with Crippen LogP contribution in [0, 0.1) is 12.7 Å². The minimum atomic E-state index is -0.521. The lowest BCUT2D eigenvalue weighted by atomic mass is 10.0. The molecule has 1 aliphatic heterocycles. The summed E-state index contributed by atoms with van der Waals surface area (Å²) < 4.78 is 24.0. The lowest BCUT2D eigenvalue weighted by molar-refractivity contribution is 0.102. The van der Waals surface area contributed by atoms with Gasteiger partial charge in [0.25, 0.3) is 5.91 Å². The summed E-state index contributed by atoms with van der Waals surface area (Å²) in [4.78, 5) is 23.7. The molecule has 3 aromatic heterocycles. The van der Waals surface area contributed by atoms with Gasteiger partial charge in [0.05, 0.1) is 36.6 Å². The number of carbonyl (C=O) groups is 1. The van der Waals surface area contributed by atoms with Crippen LogP contribution in [-0.4, -0.2) is 56.4 Å². The number of fused-ring (bicyclic) bond motifs is 1. The molecule has 1 aliphatic rings. The summed E-state index contributed by atoms with van der Waals surface area (Å²) >= 11 is 0. The Morgan fingerprint density at radius 1 is 1.14 bits per heavy atom. The summed E-state index contributed by atoms with van der Waals surface area (Å²) in [6, 6.07) is 4.99. The van der Waals surface area contributed by atoms with Gasteiger partial charge in [-0.2, -0.15) is 5.10 Å². The first-order valence-corrected chi connectivity index (χ1v) is 11.5. The van der Waals surface area contributed by atoms with Gasteiger partial charge in [-0.15, -0.1) is 0 Å². The zero-order chi connectivity index (χ0) is 24.7. The number of imidazole rings is 2. The van der Waals surface area contributed by atoms with Crippen molar-refractivity contribution in [1.82, 2.24) is 24.1 Å². The van der Waals surface area contributed by atoms with Crippen molar-refractivity contribution >= 4 is 22.9 Å². The monoisotopic (exact) mass is 477 g/mol. The first kappa shape index (κ1) is 23.0. The van der Waals surface area contributed by atoms with Crippen molar-refractivity contribution in [1.29, 1.82) is 0 Å². The highest BCUT2D eigenvalue weighted by Gasteiger charge is 2.21. The molecule has 9 nitrogen and oxygen atoms in total. The van der Waals surface area contributed by atoms with Crippen molar-refractivity contribution in [2.75, 3.05) is 36.5 Å². The number of carbonyl (C=O) groups excluding carboxylic acids is 1. The Labute approximate surface area is 202 Å². The van der Waals surface area contributed by atoms with Gasteiger partial charge in [0, 0.05) is 42.8 Å². The van der Waals surface area contributed by atoms with E-state index in [1.54, 1.807) is 35.5 Å². The molecule has 1 amide bonds. The Bertz CT molecular complexity index is 1400. The van der Waals surface area contributed by atoms with E-state index in [0.29, 0.717) is 30.0 Å². The van der Waals surface area contributed by atoms with Crippen molar-refractivity contribution in [2.24, 2.45) is 0 Å². The summed E-state index contributed by atoms with van der Waals surface area (Å²) in [5.41, 5.74) is 3.83. The van der Waals surface area contributed by atoms with Crippen molar-refractivity contribution in [3.63, 3.8) is 0 Å². The van der Waals surface area contributed by atoms with Crippen molar-refractivity contribution in [2.45, 2.75) is 33.2 Å². The number of halogens is 1. The van der Waals surface area contributed by atoms with Crippen molar-refractivity contribution < 1.29 is 13.9 Å². The van der Waals surface area contributed by atoms with E-state index in [4.69, 9.17) is 9.84 Å². The maximum atomic E-state index is 14.9. The van der Waals surface area contributed by atoms with Gasteiger partial charge in [-0.05, 0) is 51.5 Å². The molecule has 0 unspecified atom stereocenters. The van der Waals surface area contributed by atoms with Crippen molar-refractivity contribution in [3.8, 4) is 11.3 Å². The summed E-state index contributed by atoms with van der Waals surface area (Å²) in [7, 11) is 0. The molecule has 4 heterocycles. The highest BCUT2D eigenvalue weighted by atomic mass is 19.1. The number of nitrogens with zero attached hydrogens (tertiary/aromatic N) is 6. The zero-order valence-electron chi connectivity index (χ0n) is 20.2. The van der Waals surface area contributed by atoms with E-state index >= 15 is 0 Å². The first-order chi connectivity index (χ1) is 16.7. The Morgan fingerprint density at radius 2 is 1.91 bits per heavy atom. The largest absolute Gasteiger partial charge is 0.378 e. The summed E-state index contributed by atoms with van der Waals surface area (Å²) in [6.45, 7) is 10.6. The topological polar surface area (TPSA) is 89.6 Å². The van der Waals surface area contributed by atoms with E-state index in [-0.39, 0.29) is 16.9 Å². The number of ether oxygens (including phenoxy) is 1. The molecule has 182 valence electrons. The Balaban J connectivity index is 1.51. The van der Waals surface area contributed by atoms with E-state index < -0.39 is 11.7 Å². The minimum Gasteiger partial charge on any atom is -0.378 e. The number of hydrogen-bond acceptors (Lipinski definition) is 6. The third-order valence-electron chi connectivity index (χ3n) is 6.12. The van der Waals surface area contributed by atoms with Crippen LogP contribution in [0.4, 0.5) is 15.8 Å². The molecule has 10 heteroatoms. The molecule has 1 N–H and O–H groups in total. The standard InChI is InChI=1S/C25H28FN7O2/c1-16-11-18(26)20(29-24(34)21-14-32(15-28-21)25(2,3)4)12-17(16)19-13-22(31-7-9-35-10-8-31)23-27-5-6-33(23)30-19/h5-6,11-15H,7-10H2,1-4H3,(H,29,34). The van der Waals surface area contributed by atoms with E-state index in [1.807, 2.05) is 38.3 Å². The average molecular weight is 478 g/mol. The molecule has 4 aromatic rings. The summed E-state index contributed by atoms with van der Waals surface area (Å²) in [5.74, 6) is -0.999. The third kappa shape index (κ3) is 4.49. The van der Waals surface area contributed by atoms with Crippen LogP contribution in [0.1, 0.15) is 36.8 Å². The molecule has 0 atom stereocenters. The van der Waals surface area contributed by atoms with Gasteiger partial charge >= 0.3 is 0 Å². The molecule has 35 heavy (non-hydrogen) atoms. The second-order valence-electron chi connectivity index (χ2n) is 9.65. The highest BCUT2D eigenvalue weighted by molar-refractivity contribution is 6.03. The lowest BCUT2D eigenvalue weighted by Gasteiger charge is -2.29. The fraction of sp³-hybridized carbons (Fsp3) is 0.360. The molecule has 0 aliphatic carbocycles. The van der Waals surface area contributed by atoms with Crippen LogP contribution in [0.25, 0.3) is 16.9 Å². The molecule has 1 saturated heterocycles. The van der Waals surface area contributed by atoms with Gasteiger partial charge in [0.2, 0.25) is 0 Å². The molecule has 5 rings (SSSR count). The van der Waals surface area contributed by atoms with E-state index in [1.165, 1.54) is 6.07 Å². The number of nitrogens with one attached hydrogen (secondary N) is 1. The van der Waals surface area contributed by atoms with Gasteiger partial charge < -0.3 is 19.5 Å².